The van der Waals surface area contributed by atoms with Gasteiger partial charge in [0.1, 0.15) is 6.61 Å². The summed E-state index contributed by atoms with van der Waals surface area (Å²) in [6.07, 6.45) is -0.899. The van der Waals surface area contributed by atoms with E-state index in [9.17, 15) is 9.18 Å². The van der Waals surface area contributed by atoms with E-state index < -0.39 is 17.9 Å². The Hall–Kier alpha value is -1.78. The van der Waals surface area contributed by atoms with E-state index in [1.165, 1.54) is 12.1 Å². The summed E-state index contributed by atoms with van der Waals surface area (Å²) < 4.78 is 28.5. The van der Waals surface area contributed by atoms with Crippen LogP contribution in [0.15, 0.2) is 18.2 Å². The summed E-state index contributed by atoms with van der Waals surface area (Å²) in [6.45, 7) is 1.98. The van der Waals surface area contributed by atoms with E-state index in [2.05, 4.69) is 0 Å². The van der Waals surface area contributed by atoms with Gasteiger partial charge in [-0.2, -0.15) is 0 Å². The standard InChI is InChI=1S/C11H11FO4/c1-2-14-11(13)9-6-15-8-5-3-4-7(12)10(8)16-9/h3-5,9H,2,6H2,1H3. The Morgan fingerprint density at radius 3 is 3.19 bits per heavy atom. The second-order valence-electron chi connectivity index (χ2n) is 3.24. The van der Waals surface area contributed by atoms with Crippen molar-refractivity contribution in [1.29, 1.82) is 0 Å². The number of esters is 1. The molecule has 1 unspecified atom stereocenters. The molecule has 86 valence electrons. The minimum Gasteiger partial charge on any atom is -0.485 e. The molecular formula is C11H11FO4. The molecule has 0 aliphatic carbocycles. The van der Waals surface area contributed by atoms with Gasteiger partial charge in [0, 0.05) is 0 Å². The molecule has 4 nitrogen and oxygen atoms in total. The smallest absolute Gasteiger partial charge is 0.350 e. The third kappa shape index (κ3) is 1.93. The lowest BCUT2D eigenvalue weighted by Gasteiger charge is -2.25. The lowest BCUT2D eigenvalue weighted by molar-refractivity contribution is -0.154. The maximum Gasteiger partial charge on any atom is 0.350 e. The number of hydrogen-bond donors (Lipinski definition) is 0. The monoisotopic (exact) mass is 226 g/mol. The van der Waals surface area contributed by atoms with Crippen LogP contribution < -0.4 is 9.47 Å². The van der Waals surface area contributed by atoms with E-state index >= 15 is 0 Å². The quantitative estimate of drug-likeness (QED) is 0.717. The van der Waals surface area contributed by atoms with Crippen LogP contribution in [0.5, 0.6) is 11.5 Å². The molecule has 1 aromatic rings. The van der Waals surface area contributed by atoms with E-state index in [0.29, 0.717) is 5.75 Å². The minimum atomic E-state index is -0.899. The largest absolute Gasteiger partial charge is 0.485 e. The highest BCUT2D eigenvalue weighted by Crippen LogP contribution is 2.34. The Morgan fingerprint density at radius 1 is 1.62 bits per heavy atom. The molecule has 0 radical (unpaired) electrons. The molecule has 2 rings (SSSR count). The van der Waals surface area contributed by atoms with Gasteiger partial charge < -0.3 is 14.2 Å². The zero-order chi connectivity index (χ0) is 11.5. The second kappa shape index (κ2) is 4.38. The molecule has 0 amide bonds. The van der Waals surface area contributed by atoms with Gasteiger partial charge in [0.25, 0.3) is 0 Å². The van der Waals surface area contributed by atoms with Gasteiger partial charge in [-0.3, -0.25) is 0 Å². The maximum atomic E-state index is 13.3. The molecule has 0 saturated heterocycles. The van der Waals surface area contributed by atoms with E-state index in [1.807, 2.05) is 0 Å². The van der Waals surface area contributed by atoms with Crippen molar-refractivity contribution in [3.8, 4) is 11.5 Å². The molecule has 0 aromatic heterocycles. The molecule has 0 spiro atoms. The van der Waals surface area contributed by atoms with Crippen LogP contribution in [-0.2, 0) is 9.53 Å². The van der Waals surface area contributed by atoms with Crippen LogP contribution in [0.2, 0.25) is 0 Å². The van der Waals surface area contributed by atoms with E-state index in [0.717, 1.165) is 0 Å². The highest BCUT2D eigenvalue weighted by molar-refractivity contribution is 5.75. The Kier molecular flexibility index (Phi) is 2.94. The highest BCUT2D eigenvalue weighted by atomic mass is 19.1. The molecule has 1 heterocycles. The zero-order valence-corrected chi connectivity index (χ0v) is 8.73. The summed E-state index contributed by atoms with van der Waals surface area (Å²) in [6, 6.07) is 4.34. The van der Waals surface area contributed by atoms with Crippen molar-refractivity contribution in [2.75, 3.05) is 13.2 Å². The molecule has 0 saturated carbocycles. The summed E-state index contributed by atoms with van der Waals surface area (Å²) in [5.41, 5.74) is 0. The van der Waals surface area contributed by atoms with Crippen molar-refractivity contribution in [3.05, 3.63) is 24.0 Å². The lowest BCUT2D eigenvalue weighted by Crippen LogP contribution is -2.38. The fourth-order valence-corrected chi connectivity index (χ4v) is 1.41. The first-order valence-corrected chi connectivity index (χ1v) is 4.97. The van der Waals surface area contributed by atoms with E-state index in [4.69, 9.17) is 14.2 Å². The number of rotatable bonds is 2. The zero-order valence-electron chi connectivity index (χ0n) is 8.73. The Bertz CT molecular complexity index is 405. The molecule has 16 heavy (non-hydrogen) atoms. The van der Waals surface area contributed by atoms with Gasteiger partial charge in [-0.25, -0.2) is 9.18 Å². The predicted molar refractivity (Wildman–Crippen MR) is 52.9 cm³/mol. The summed E-state index contributed by atoms with van der Waals surface area (Å²) in [7, 11) is 0. The topological polar surface area (TPSA) is 44.8 Å². The number of benzene rings is 1. The normalized spacial score (nSPS) is 18.0. The first-order chi connectivity index (χ1) is 7.72. The van der Waals surface area contributed by atoms with Crippen LogP contribution in [0.25, 0.3) is 0 Å². The van der Waals surface area contributed by atoms with Crippen molar-refractivity contribution in [1.82, 2.24) is 0 Å². The molecule has 1 aliphatic heterocycles. The van der Waals surface area contributed by atoms with Crippen LogP contribution in [0.4, 0.5) is 4.39 Å². The third-order valence-electron chi connectivity index (χ3n) is 2.13. The summed E-state index contributed by atoms with van der Waals surface area (Å²) >= 11 is 0. The number of fused-ring (bicyclic) bond motifs is 1. The lowest BCUT2D eigenvalue weighted by atomic mass is 10.2. The molecule has 1 aromatic carbocycles. The Balaban J connectivity index is 2.17. The summed E-state index contributed by atoms with van der Waals surface area (Å²) in [4.78, 5) is 11.4. The number of ether oxygens (including phenoxy) is 3. The fraction of sp³-hybridized carbons (Fsp3) is 0.364. The minimum absolute atomic E-state index is 0.0354. The van der Waals surface area contributed by atoms with Gasteiger partial charge in [-0.05, 0) is 19.1 Å². The van der Waals surface area contributed by atoms with Gasteiger partial charge in [-0.1, -0.05) is 6.07 Å². The van der Waals surface area contributed by atoms with Gasteiger partial charge in [0.2, 0.25) is 6.10 Å². The van der Waals surface area contributed by atoms with Crippen LogP contribution in [0.1, 0.15) is 6.92 Å². The molecule has 0 fully saturated rings. The Morgan fingerprint density at radius 2 is 2.44 bits per heavy atom. The fourth-order valence-electron chi connectivity index (χ4n) is 1.41. The number of hydrogen-bond acceptors (Lipinski definition) is 4. The molecule has 1 aliphatic rings. The van der Waals surface area contributed by atoms with Crippen molar-refractivity contribution in [2.45, 2.75) is 13.0 Å². The maximum absolute atomic E-state index is 13.3. The van der Waals surface area contributed by atoms with Crippen molar-refractivity contribution < 1.29 is 23.4 Å². The number of halogens is 1. The van der Waals surface area contributed by atoms with Gasteiger partial charge in [-0.15, -0.1) is 0 Å². The first-order valence-electron chi connectivity index (χ1n) is 4.97. The van der Waals surface area contributed by atoms with Gasteiger partial charge in [0.15, 0.2) is 17.3 Å². The number of carbonyl (C=O) groups excluding carboxylic acids is 1. The second-order valence-corrected chi connectivity index (χ2v) is 3.24. The number of para-hydroxylation sites is 1. The highest BCUT2D eigenvalue weighted by Gasteiger charge is 2.30. The third-order valence-corrected chi connectivity index (χ3v) is 2.13. The average Bonchev–Trinajstić information content (AvgIpc) is 2.29. The molecule has 1 atom stereocenters. The number of carbonyl (C=O) groups is 1. The molecule has 5 heteroatoms. The first kappa shape index (κ1) is 10.7. The molecule has 0 N–H and O–H groups in total. The summed E-state index contributed by atoms with van der Waals surface area (Å²) in [5, 5.41) is 0. The van der Waals surface area contributed by atoms with Gasteiger partial charge >= 0.3 is 5.97 Å². The van der Waals surface area contributed by atoms with Gasteiger partial charge in [0.05, 0.1) is 6.61 Å². The van der Waals surface area contributed by atoms with Crippen LogP contribution in [0.3, 0.4) is 0 Å². The SMILES string of the molecule is CCOC(=O)C1COc2cccc(F)c2O1. The predicted octanol–water partition coefficient (Wildman–Crippen LogP) is 1.53. The van der Waals surface area contributed by atoms with Crippen molar-refractivity contribution >= 4 is 5.97 Å². The average molecular weight is 226 g/mol. The molecular weight excluding hydrogens is 215 g/mol. The van der Waals surface area contributed by atoms with Crippen molar-refractivity contribution in [3.63, 3.8) is 0 Å². The van der Waals surface area contributed by atoms with E-state index in [-0.39, 0.29) is 19.0 Å². The van der Waals surface area contributed by atoms with Crippen LogP contribution in [-0.4, -0.2) is 25.3 Å². The van der Waals surface area contributed by atoms with Crippen molar-refractivity contribution in [2.24, 2.45) is 0 Å². The van der Waals surface area contributed by atoms with Crippen LogP contribution in [0, 0.1) is 5.82 Å². The summed E-state index contributed by atoms with van der Waals surface area (Å²) in [5.74, 6) is -0.824. The van der Waals surface area contributed by atoms with Crippen LogP contribution >= 0.6 is 0 Å². The molecule has 0 bridgehead atoms. The van der Waals surface area contributed by atoms with E-state index in [1.54, 1.807) is 13.0 Å². The Labute approximate surface area is 91.9 Å².